The third-order valence-electron chi connectivity index (χ3n) is 5.02. The maximum absolute atomic E-state index is 2.81. The topological polar surface area (TPSA) is 0 Å². The van der Waals surface area contributed by atoms with Crippen LogP contribution in [0.4, 0.5) is 0 Å². The van der Waals surface area contributed by atoms with Gasteiger partial charge in [-0.25, -0.2) is 0 Å². The van der Waals surface area contributed by atoms with Crippen LogP contribution in [0.25, 0.3) is 0 Å². The zero-order valence-corrected chi connectivity index (χ0v) is 12.8. The maximum atomic E-state index is 2.81. The van der Waals surface area contributed by atoms with E-state index in [4.69, 9.17) is 0 Å². The second-order valence-electron chi connectivity index (χ2n) is 6.56. The highest BCUT2D eigenvalue weighted by Crippen LogP contribution is 2.58. The normalized spacial score (nSPS) is 45.4. The lowest BCUT2D eigenvalue weighted by molar-refractivity contribution is 0.197. The standard InChI is InChI=1S/C14H25I/c1-9(2)12-5-11-6-13(7-12)14(15,8-11)10(3)4/h9-13H,5-8H2,1-4H3. The van der Waals surface area contributed by atoms with Crippen molar-refractivity contribution in [2.45, 2.75) is 56.8 Å². The maximum Gasteiger partial charge on any atom is 0.0276 e. The van der Waals surface area contributed by atoms with Crippen molar-refractivity contribution in [2.24, 2.45) is 29.6 Å². The fraction of sp³-hybridized carbons (Fsp3) is 1.00. The molecule has 0 N–H and O–H groups in total. The lowest BCUT2D eigenvalue weighted by Gasteiger charge is -2.36. The molecule has 0 aromatic heterocycles. The summed E-state index contributed by atoms with van der Waals surface area (Å²) < 4.78 is 0.631. The van der Waals surface area contributed by atoms with Crippen LogP contribution in [-0.4, -0.2) is 3.42 Å². The molecule has 1 heteroatoms. The molecule has 0 aromatic rings. The molecule has 2 saturated carbocycles. The Morgan fingerprint density at radius 3 is 2.27 bits per heavy atom. The zero-order chi connectivity index (χ0) is 11.2. The van der Waals surface area contributed by atoms with E-state index >= 15 is 0 Å². The number of hydrogen-bond acceptors (Lipinski definition) is 0. The van der Waals surface area contributed by atoms with Crippen LogP contribution in [0.5, 0.6) is 0 Å². The van der Waals surface area contributed by atoms with Crippen molar-refractivity contribution in [2.75, 3.05) is 0 Å². The van der Waals surface area contributed by atoms with Crippen LogP contribution in [0.1, 0.15) is 53.4 Å². The summed E-state index contributed by atoms with van der Waals surface area (Å²) in [5, 5.41) is 0. The van der Waals surface area contributed by atoms with Gasteiger partial charge in [0.2, 0.25) is 0 Å². The summed E-state index contributed by atoms with van der Waals surface area (Å²) in [5.74, 6) is 4.85. The van der Waals surface area contributed by atoms with Gasteiger partial charge in [0.25, 0.3) is 0 Å². The summed E-state index contributed by atoms with van der Waals surface area (Å²) >= 11 is 2.81. The fourth-order valence-electron chi connectivity index (χ4n) is 3.90. The largest absolute Gasteiger partial charge is 0.0783 e. The van der Waals surface area contributed by atoms with E-state index in [9.17, 15) is 0 Å². The van der Waals surface area contributed by atoms with Gasteiger partial charge in [-0.1, -0.05) is 50.3 Å². The average Bonchev–Trinajstić information content (AvgIpc) is 2.38. The second kappa shape index (κ2) is 4.19. The summed E-state index contributed by atoms with van der Waals surface area (Å²) in [5.41, 5.74) is 0. The summed E-state index contributed by atoms with van der Waals surface area (Å²) in [4.78, 5) is 0. The molecule has 0 saturated heterocycles. The van der Waals surface area contributed by atoms with Crippen molar-refractivity contribution < 1.29 is 0 Å². The Hall–Kier alpha value is 0.730. The van der Waals surface area contributed by atoms with Gasteiger partial charge < -0.3 is 0 Å². The highest BCUT2D eigenvalue weighted by atomic mass is 127. The van der Waals surface area contributed by atoms with Crippen molar-refractivity contribution in [3.05, 3.63) is 0 Å². The Balaban J connectivity index is 2.12. The number of fused-ring (bicyclic) bond motifs is 2. The van der Waals surface area contributed by atoms with Gasteiger partial charge in [0.15, 0.2) is 0 Å². The number of alkyl halides is 1. The van der Waals surface area contributed by atoms with Crippen molar-refractivity contribution in [3.63, 3.8) is 0 Å². The molecule has 2 aliphatic carbocycles. The first-order chi connectivity index (χ1) is 6.93. The van der Waals surface area contributed by atoms with Gasteiger partial charge in [-0.3, -0.25) is 0 Å². The summed E-state index contributed by atoms with van der Waals surface area (Å²) in [7, 11) is 0. The molecule has 2 bridgehead atoms. The Morgan fingerprint density at radius 1 is 1.07 bits per heavy atom. The Labute approximate surface area is 109 Å². The van der Waals surface area contributed by atoms with Gasteiger partial charge in [-0.15, -0.1) is 0 Å². The molecule has 2 aliphatic rings. The number of halogens is 1. The molecule has 15 heavy (non-hydrogen) atoms. The number of hydrogen-bond donors (Lipinski definition) is 0. The van der Waals surface area contributed by atoms with Crippen LogP contribution in [-0.2, 0) is 0 Å². The highest BCUT2D eigenvalue weighted by Gasteiger charge is 2.51. The highest BCUT2D eigenvalue weighted by molar-refractivity contribution is 14.1. The lowest BCUT2D eigenvalue weighted by Crippen LogP contribution is -2.33. The van der Waals surface area contributed by atoms with E-state index in [1.54, 1.807) is 0 Å². The molecular formula is C14H25I. The molecule has 0 aliphatic heterocycles. The van der Waals surface area contributed by atoms with E-state index < -0.39 is 0 Å². The Morgan fingerprint density at radius 2 is 1.73 bits per heavy atom. The minimum atomic E-state index is 0.631. The van der Waals surface area contributed by atoms with Crippen LogP contribution in [0.15, 0.2) is 0 Å². The third-order valence-corrected chi connectivity index (χ3v) is 7.59. The molecular weight excluding hydrogens is 295 g/mol. The summed E-state index contributed by atoms with van der Waals surface area (Å²) in [6, 6.07) is 0. The van der Waals surface area contributed by atoms with Gasteiger partial charge in [0.05, 0.1) is 0 Å². The first-order valence-corrected chi connectivity index (χ1v) is 7.70. The van der Waals surface area contributed by atoms with Crippen molar-refractivity contribution in [3.8, 4) is 0 Å². The predicted molar refractivity (Wildman–Crippen MR) is 75.4 cm³/mol. The third kappa shape index (κ3) is 2.10. The van der Waals surface area contributed by atoms with Gasteiger partial charge in [0, 0.05) is 3.42 Å². The van der Waals surface area contributed by atoms with Crippen molar-refractivity contribution in [1.29, 1.82) is 0 Å². The minimum Gasteiger partial charge on any atom is -0.0783 e. The molecule has 0 radical (unpaired) electrons. The molecule has 0 amide bonds. The van der Waals surface area contributed by atoms with Gasteiger partial charge in [0.1, 0.15) is 0 Å². The van der Waals surface area contributed by atoms with E-state index in [2.05, 4.69) is 50.3 Å². The lowest BCUT2D eigenvalue weighted by atomic mass is 9.74. The Kier molecular flexibility index (Phi) is 3.41. The van der Waals surface area contributed by atoms with Gasteiger partial charge in [-0.2, -0.15) is 0 Å². The summed E-state index contributed by atoms with van der Waals surface area (Å²) in [6.07, 6.45) is 6.06. The minimum absolute atomic E-state index is 0.631. The molecule has 2 fully saturated rings. The van der Waals surface area contributed by atoms with Gasteiger partial charge in [-0.05, 0) is 55.3 Å². The number of rotatable bonds is 2. The SMILES string of the molecule is CC(C)C1CC2CC(C1)C(I)(C(C)C)C2. The molecule has 0 spiro atoms. The van der Waals surface area contributed by atoms with Crippen LogP contribution >= 0.6 is 22.6 Å². The van der Waals surface area contributed by atoms with Crippen LogP contribution in [0.3, 0.4) is 0 Å². The molecule has 88 valence electrons. The van der Waals surface area contributed by atoms with E-state index in [0.29, 0.717) is 3.42 Å². The molecule has 4 atom stereocenters. The quantitative estimate of drug-likeness (QED) is 0.501. The molecule has 0 aromatic carbocycles. The molecule has 2 rings (SSSR count). The smallest absolute Gasteiger partial charge is 0.0276 e. The van der Waals surface area contributed by atoms with Crippen LogP contribution in [0.2, 0.25) is 0 Å². The first-order valence-electron chi connectivity index (χ1n) is 6.62. The Bertz CT molecular complexity index is 233. The second-order valence-corrected chi connectivity index (χ2v) is 8.57. The van der Waals surface area contributed by atoms with Gasteiger partial charge >= 0.3 is 0 Å². The van der Waals surface area contributed by atoms with E-state index in [-0.39, 0.29) is 0 Å². The molecule has 4 unspecified atom stereocenters. The van der Waals surface area contributed by atoms with E-state index in [0.717, 1.165) is 29.6 Å². The molecule has 0 nitrogen and oxygen atoms in total. The van der Waals surface area contributed by atoms with Crippen molar-refractivity contribution >= 4 is 22.6 Å². The van der Waals surface area contributed by atoms with E-state index in [1.165, 1.54) is 25.7 Å². The fourth-order valence-corrected chi connectivity index (χ4v) is 5.04. The van der Waals surface area contributed by atoms with Crippen LogP contribution in [0, 0.1) is 29.6 Å². The first kappa shape index (κ1) is 12.2. The predicted octanol–water partition coefficient (Wildman–Crippen LogP) is 4.91. The average molecular weight is 320 g/mol. The molecule has 0 heterocycles. The monoisotopic (exact) mass is 320 g/mol. The van der Waals surface area contributed by atoms with Crippen molar-refractivity contribution in [1.82, 2.24) is 0 Å². The zero-order valence-electron chi connectivity index (χ0n) is 10.6. The van der Waals surface area contributed by atoms with E-state index in [1.807, 2.05) is 0 Å². The summed E-state index contributed by atoms with van der Waals surface area (Å²) in [6.45, 7) is 9.69. The van der Waals surface area contributed by atoms with Crippen LogP contribution < -0.4 is 0 Å².